The molecule has 1 saturated heterocycles. The van der Waals surface area contributed by atoms with Gasteiger partial charge in [-0.3, -0.25) is 0 Å². The van der Waals surface area contributed by atoms with Gasteiger partial charge in [-0.15, -0.1) is 5.10 Å². The number of rotatable bonds is 2. The molecule has 0 bridgehead atoms. The average Bonchev–Trinajstić information content (AvgIpc) is 2.84. The fourth-order valence-corrected chi connectivity index (χ4v) is 2.27. The van der Waals surface area contributed by atoms with Crippen molar-refractivity contribution in [1.29, 1.82) is 0 Å². The van der Waals surface area contributed by atoms with E-state index in [1.54, 1.807) is 0 Å². The summed E-state index contributed by atoms with van der Waals surface area (Å²) in [5, 5.41) is 12.8. The van der Waals surface area contributed by atoms with Gasteiger partial charge in [0, 0.05) is 12.3 Å². The molecule has 0 spiro atoms. The molecule has 1 fully saturated rings. The molecule has 22 heavy (non-hydrogen) atoms. The molecule has 1 aliphatic heterocycles. The van der Waals surface area contributed by atoms with Crippen molar-refractivity contribution in [3.05, 3.63) is 23.8 Å². The molecule has 6 nitrogen and oxygen atoms in total. The first-order valence-electron chi connectivity index (χ1n) is 7.58. The van der Waals surface area contributed by atoms with Crippen molar-refractivity contribution < 1.29 is 14.2 Å². The number of hydrogen-bond donors (Lipinski definition) is 2. The van der Waals surface area contributed by atoms with Crippen LogP contribution in [0.1, 0.15) is 44.7 Å². The number of halogens is 1. The summed E-state index contributed by atoms with van der Waals surface area (Å²) in [5.74, 6) is 0.101. The fourth-order valence-electron chi connectivity index (χ4n) is 2.27. The summed E-state index contributed by atoms with van der Waals surface area (Å²) in [6.45, 7) is 5.45. The van der Waals surface area contributed by atoms with Crippen LogP contribution in [0.25, 0.3) is 5.52 Å². The predicted molar refractivity (Wildman–Crippen MR) is 82.1 cm³/mol. The third-order valence-corrected chi connectivity index (χ3v) is 3.77. The standard InChI is InChI=1S/C10H13FN4.C5H10O2/c1-3-6(2)8-4-7(11)9-5-13-10(12)14-15(8)9;6-5-2-1-3-7-4-5/h4-6H,3H2,1-2H3,(H2,12,14);5-6H,1-4H2. The molecule has 0 amide bonds. The van der Waals surface area contributed by atoms with Gasteiger partial charge in [0.05, 0.1) is 18.9 Å². The summed E-state index contributed by atoms with van der Waals surface area (Å²) in [6, 6.07) is 1.50. The number of aliphatic hydroxyl groups excluding tert-OH is 1. The highest BCUT2D eigenvalue weighted by molar-refractivity contribution is 5.49. The average molecular weight is 310 g/mol. The molecule has 2 aromatic heterocycles. The summed E-state index contributed by atoms with van der Waals surface area (Å²) in [4.78, 5) is 3.77. The third-order valence-electron chi connectivity index (χ3n) is 3.77. The Bertz CT molecular complexity index is 611. The van der Waals surface area contributed by atoms with Crippen molar-refractivity contribution in [3.8, 4) is 0 Å². The van der Waals surface area contributed by atoms with Gasteiger partial charge in [0.1, 0.15) is 5.52 Å². The Labute approximate surface area is 129 Å². The summed E-state index contributed by atoms with van der Waals surface area (Å²) in [5.41, 5.74) is 6.69. The highest BCUT2D eigenvalue weighted by Gasteiger charge is 2.14. The number of nitrogens with two attached hydrogens (primary N) is 1. The lowest BCUT2D eigenvalue weighted by atomic mass is 10.1. The van der Waals surface area contributed by atoms with Crippen molar-refractivity contribution >= 4 is 11.5 Å². The van der Waals surface area contributed by atoms with Crippen LogP contribution in [0.15, 0.2) is 12.3 Å². The molecule has 0 saturated carbocycles. The first-order chi connectivity index (χ1) is 10.5. The molecule has 3 rings (SSSR count). The van der Waals surface area contributed by atoms with Gasteiger partial charge in [-0.25, -0.2) is 13.9 Å². The molecule has 2 atom stereocenters. The van der Waals surface area contributed by atoms with Crippen LogP contribution in [0.4, 0.5) is 10.3 Å². The maximum absolute atomic E-state index is 13.5. The fraction of sp³-hybridized carbons (Fsp3) is 0.600. The first-order valence-corrected chi connectivity index (χ1v) is 7.58. The number of nitrogen functional groups attached to an aromatic ring is 1. The van der Waals surface area contributed by atoms with Gasteiger partial charge in [-0.05, 0) is 31.2 Å². The minimum absolute atomic E-state index is 0.155. The molecule has 2 unspecified atom stereocenters. The zero-order valence-corrected chi connectivity index (χ0v) is 13.0. The van der Waals surface area contributed by atoms with Crippen LogP contribution >= 0.6 is 0 Å². The van der Waals surface area contributed by atoms with E-state index in [1.165, 1.54) is 16.8 Å². The van der Waals surface area contributed by atoms with E-state index in [-0.39, 0.29) is 23.8 Å². The largest absolute Gasteiger partial charge is 0.391 e. The van der Waals surface area contributed by atoms with Crippen LogP contribution in [0.2, 0.25) is 0 Å². The Kier molecular flexibility index (Phi) is 5.68. The maximum atomic E-state index is 13.5. The molecular formula is C15H23FN4O2. The molecule has 0 radical (unpaired) electrons. The number of aliphatic hydroxyl groups is 1. The van der Waals surface area contributed by atoms with Crippen molar-refractivity contribution in [3.63, 3.8) is 0 Å². The monoisotopic (exact) mass is 310 g/mol. The highest BCUT2D eigenvalue weighted by Crippen LogP contribution is 2.23. The van der Waals surface area contributed by atoms with Crippen LogP contribution < -0.4 is 5.73 Å². The molecular weight excluding hydrogens is 287 g/mol. The third kappa shape index (κ3) is 3.92. The summed E-state index contributed by atoms with van der Waals surface area (Å²) in [6.07, 6.45) is 4.08. The van der Waals surface area contributed by atoms with Crippen LogP contribution in [0, 0.1) is 5.82 Å². The molecule has 0 aliphatic carbocycles. The number of nitrogens with zero attached hydrogens (tertiary/aromatic N) is 3. The first kappa shape index (κ1) is 16.6. The minimum Gasteiger partial charge on any atom is -0.391 e. The van der Waals surface area contributed by atoms with Crippen LogP contribution in [-0.2, 0) is 4.74 Å². The van der Waals surface area contributed by atoms with Crippen LogP contribution in [-0.4, -0.2) is 39.0 Å². The van der Waals surface area contributed by atoms with Crippen LogP contribution in [0.3, 0.4) is 0 Å². The van der Waals surface area contributed by atoms with E-state index in [0.717, 1.165) is 31.6 Å². The normalized spacial score (nSPS) is 19.5. The molecule has 3 heterocycles. The van der Waals surface area contributed by atoms with E-state index >= 15 is 0 Å². The molecule has 0 aromatic carbocycles. The van der Waals surface area contributed by atoms with E-state index in [4.69, 9.17) is 15.6 Å². The maximum Gasteiger partial charge on any atom is 0.238 e. The topological polar surface area (TPSA) is 85.7 Å². The Morgan fingerprint density at radius 3 is 2.91 bits per heavy atom. The lowest BCUT2D eigenvalue weighted by Gasteiger charge is -2.15. The van der Waals surface area contributed by atoms with Gasteiger partial charge in [-0.2, -0.15) is 0 Å². The van der Waals surface area contributed by atoms with E-state index in [2.05, 4.69) is 10.1 Å². The van der Waals surface area contributed by atoms with Gasteiger partial charge >= 0.3 is 0 Å². The summed E-state index contributed by atoms with van der Waals surface area (Å²) in [7, 11) is 0. The van der Waals surface area contributed by atoms with E-state index < -0.39 is 0 Å². The SMILES string of the molecule is CCC(C)c1cc(F)c2cnc(N)nn12.OC1CCCOC1. The number of ether oxygens (including phenoxy) is 1. The van der Waals surface area contributed by atoms with Gasteiger partial charge in [-0.1, -0.05) is 13.8 Å². The van der Waals surface area contributed by atoms with Gasteiger partial charge in [0.2, 0.25) is 5.95 Å². The van der Waals surface area contributed by atoms with E-state index in [0.29, 0.717) is 12.1 Å². The number of aromatic nitrogens is 3. The van der Waals surface area contributed by atoms with Crippen molar-refractivity contribution in [2.45, 2.75) is 45.1 Å². The summed E-state index contributed by atoms with van der Waals surface area (Å²) < 4.78 is 20.0. The number of anilines is 1. The second-order valence-corrected chi connectivity index (χ2v) is 5.51. The van der Waals surface area contributed by atoms with Crippen molar-refractivity contribution in [2.75, 3.05) is 18.9 Å². The minimum atomic E-state index is -0.301. The number of hydrogen-bond acceptors (Lipinski definition) is 5. The Balaban J connectivity index is 0.000000211. The Morgan fingerprint density at radius 2 is 2.36 bits per heavy atom. The van der Waals surface area contributed by atoms with Gasteiger partial charge in [0.25, 0.3) is 0 Å². The molecule has 3 N–H and O–H groups in total. The summed E-state index contributed by atoms with van der Waals surface area (Å²) >= 11 is 0. The van der Waals surface area contributed by atoms with E-state index in [1.807, 2.05) is 13.8 Å². The molecule has 122 valence electrons. The second kappa shape index (κ2) is 7.51. The Morgan fingerprint density at radius 1 is 1.59 bits per heavy atom. The van der Waals surface area contributed by atoms with Crippen LogP contribution in [0.5, 0.6) is 0 Å². The quantitative estimate of drug-likeness (QED) is 0.887. The molecule has 2 aromatic rings. The van der Waals surface area contributed by atoms with Crippen molar-refractivity contribution in [2.24, 2.45) is 0 Å². The smallest absolute Gasteiger partial charge is 0.238 e. The molecule has 1 aliphatic rings. The van der Waals surface area contributed by atoms with Gasteiger partial charge in [0.15, 0.2) is 5.82 Å². The van der Waals surface area contributed by atoms with Gasteiger partial charge < -0.3 is 15.6 Å². The predicted octanol–water partition coefficient (Wildman–Crippen LogP) is 2.12. The number of fused-ring (bicyclic) bond motifs is 1. The van der Waals surface area contributed by atoms with E-state index in [9.17, 15) is 4.39 Å². The van der Waals surface area contributed by atoms with Crippen molar-refractivity contribution in [1.82, 2.24) is 14.6 Å². The molecule has 7 heteroatoms. The Hall–Kier alpha value is -1.73. The highest BCUT2D eigenvalue weighted by atomic mass is 19.1. The zero-order chi connectivity index (χ0) is 16.1. The lowest BCUT2D eigenvalue weighted by Crippen LogP contribution is -2.21. The lowest BCUT2D eigenvalue weighted by molar-refractivity contribution is -0.00535. The zero-order valence-electron chi connectivity index (χ0n) is 13.0. The second-order valence-electron chi connectivity index (χ2n) is 5.51.